The highest BCUT2D eigenvalue weighted by molar-refractivity contribution is 6.19. The van der Waals surface area contributed by atoms with E-state index in [0.29, 0.717) is 16.5 Å². The van der Waals surface area contributed by atoms with Gasteiger partial charge in [-0.25, -0.2) is 4.79 Å². The van der Waals surface area contributed by atoms with Gasteiger partial charge in [-0.2, -0.15) is 0 Å². The maximum Gasteiger partial charge on any atom is 0.341 e. The molecule has 5 heteroatoms. The number of alkyl halides is 1. The zero-order valence-corrected chi connectivity index (χ0v) is 9.91. The number of benzene rings is 1. The van der Waals surface area contributed by atoms with Crippen LogP contribution in [0, 0.1) is 11.8 Å². The highest BCUT2D eigenvalue weighted by atomic mass is 35.5. The topological polar surface area (TPSA) is 70.2 Å². The largest absolute Gasteiger partial charge is 0.477 e. The van der Waals surface area contributed by atoms with Crippen molar-refractivity contribution in [1.82, 2.24) is 4.98 Å². The Kier molecular flexibility index (Phi) is 3.35. The molecular formula is C13H8ClNO3. The molecule has 0 atom stereocenters. The van der Waals surface area contributed by atoms with Gasteiger partial charge >= 0.3 is 5.97 Å². The zero-order chi connectivity index (χ0) is 13.1. The molecule has 90 valence electrons. The summed E-state index contributed by atoms with van der Waals surface area (Å²) in [5.74, 6) is 4.40. The van der Waals surface area contributed by atoms with Gasteiger partial charge in [-0.3, -0.25) is 4.79 Å². The lowest BCUT2D eigenvalue weighted by Gasteiger charge is -2.00. The quantitative estimate of drug-likeness (QED) is 0.608. The van der Waals surface area contributed by atoms with Gasteiger partial charge in [-0.05, 0) is 18.2 Å². The third kappa shape index (κ3) is 2.22. The van der Waals surface area contributed by atoms with Gasteiger partial charge in [0.15, 0.2) is 0 Å². The van der Waals surface area contributed by atoms with Gasteiger partial charge in [0.2, 0.25) is 5.43 Å². The fourth-order valence-electron chi connectivity index (χ4n) is 1.59. The van der Waals surface area contributed by atoms with Crippen molar-refractivity contribution in [1.29, 1.82) is 0 Å². The summed E-state index contributed by atoms with van der Waals surface area (Å²) in [5.41, 5.74) is 0.383. The fraction of sp³-hybridized carbons (Fsp3) is 0.0769. The van der Waals surface area contributed by atoms with Crippen LogP contribution in [0.3, 0.4) is 0 Å². The van der Waals surface area contributed by atoms with E-state index < -0.39 is 11.4 Å². The molecule has 0 aliphatic rings. The number of aromatic amines is 1. The number of hydrogen-bond donors (Lipinski definition) is 2. The average Bonchev–Trinajstić information content (AvgIpc) is 2.36. The van der Waals surface area contributed by atoms with Crippen molar-refractivity contribution in [3.8, 4) is 11.8 Å². The number of halogens is 1. The average molecular weight is 262 g/mol. The monoisotopic (exact) mass is 261 g/mol. The van der Waals surface area contributed by atoms with Crippen LogP contribution < -0.4 is 5.43 Å². The molecule has 0 unspecified atom stereocenters. The molecule has 0 saturated carbocycles. The van der Waals surface area contributed by atoms with E-state index in [1.54, 1.807) is 18.2 Å². The lowest BCUT2D eigenvalue weighted by atomic mass is 10.1. The van der Waals surface area contributed by atoms with Crippen LogP contribution in [0.4, 0.5) is 0 Å². The molecule has 18 heavy (non-hydrogen) atoms. The van der Waals surface area contributed by atoms with Crippen molar-refractivity contribution in [2.75, 3.05) is 5.88 Å². The van der Waals surface area contributed by atoms with Gasteiger partial charge in [-0.15, -0.1) is 11.6 Å². The van der Waals surface area contributed by atoms with E-state index in [-0.39, 0.29) is 11.4 Å². The minimum absolute atomic E-state index is 0.198. The number of rotatable bonds is 1. The number of hydrogen-bond acceptors (Lipinski definition) is 2. The molecule has 0 amide bonds. The van der Waals surface area contributed by atoms with Crippen molar-refractivity contribution >= 4 is 28.5 Å². The van der Waals surface area contributed by atoms with Gasteiger partial charge in [0.1, 0.15) is 5.56 Å². The molecule has 0 aliphatic carbocycles. The van der Waals surface area contributed by atoms with Crippen molar-refractivity contribution in [3.05, 3.63) is 45.7 Å². The Morgan fingerprint density at radius 3 is 2.89 bits per heavy atom. The second-order valence-corrected chi connectivity index (χ2v) is 3.80. The lowest BCUT2D eigenvalue weighted by molar-refractivity contribution is 0.0695. The molecule has 2 N–H and O–H groups in total. The Balaban J connectivity index is 2.70. The number of carbonyl (C=O) groups is 1. The van der Waals surface area contributed by atoms with E-state index in [9.17, 15) is 9.59 Å². The molecule has 0 bridgehead atoms. The van der Waals surface area contributed by atoms with Crippen LogP contribution in [-0.2, 0) is 0 Å². The summed E-state index contributed by atoms with van der Waals surface area (Å²) in [7, 11) is 0. The SMILES string of the molecule is O=C(O)c1c[nH]c2ccc(C#CCCl)cc2c1=O. The number of aromatic carboxylic acids is 1. The Morgan fingerprint density at radius 2 is 2.22 bits per heavy atom. The van der Waals surface area contributed by atoms with Crippen molar-refractivity contribution in [2.24, 2.45) is 0 Å². The van der Waals surface area contributed by atoms with Crippen LogP contribution in [0.1, 0.15) is 15.9 Å². The van der Waals surface area contributed by atoms with Gasteiger partial charge < -0.3 is 10.1 Å². The second-order valence-electron chi connectivity index (χ2n) is 3.53. The predicted molar refractivity (Wildman–Crippen MR) is 69.1 cm³/mol. The number of carboxylic acids is 1. The number of H-pyrrole nitrogens is 1. The first kappa shape index (κ1) is 12.2. The fourth-order valence-corrected chi connectivity index (χ4v) is 1.66. The van der Waals surface area contributed by atoms with Gasteiger partial charge in [0.25, 0.3) is 0 Å². The van der Waals surface area contributed by atoms with E-state index in [0.717, 1.165) is 0 Å². The summed E-state index contributed by atoms with van der Waals surface area (Å²) in [6, 6.07) is 4.97. The molecule has 0 radical (unpaired) electrons. The summed E-state index contributed by atoms with van der Waals surface area (Å²) in [6.45, 7) is 0. The normalized spacial score (nSPS) is 9.83. The summed E-state index contributed by atoms with van der Waals surface area (Å²) < 4.78 is 0. The van der Waals surface area contributed by atoms with Crippen molar-refractivity contribution in [2.45, 2.75) is 0 Å². The second kappa shape index (κ2) is 4.94. The molecule has 1 aromatic carbocycles. The first-order valence-corrected chi connectivity index (χ1v) is 5.60. The maximum atomic E-state index is 11.9. The highest BCUT2D eigenvalue weighted by Crippen LogP contribution is 2.10. The molecule has 0 fully saturated rings. The van der Waals surface area contributed by atoms with E-state index in [1.807, 2.05) is 0 Å². The molecule has 1 heterocycles. The molecule has 4 nitrogen and oxygen atoms in total. The van der Waals surface area contributed by atoms with E-state index in [1.165, 1.54) is 6.20 Å². The first-order chi connectivity index (χ1) is 8.63. The van der Waals surface area contributed by atoms with Gasteiger partial charge in [-0.1, -0.05) is 11.8 Å². The molecule has 2 aromatic rings. The number of nitrogens with one attached hydrogen (secondary N) is 1. The van der Waals surface area contributed by atoms with E-state index in [4.69, 9.17) is 16.7 Å². The lowest BCUT2D eigenvalue weighted by Crippen LogP contribution is -2.15. The number of fused-ring (bicyclic) bond motifs is 1. The molecular weight excluding hydrogens is 254 g/mol. The first-order valence-electron chi connectivity index (χ1n) is 5.07. The van der Waals surface area contributed by atoms with Crippen LogP contribution in [0.25, 0.3) is 10.9 Å². The van der Waals surface area contributed by atoms with Crippen LogP contribution in [0.2, 0.25) is 0 Å². The van der Waals surface area contributed by atoms with Crippen LogP contribution in [-0.4, -0.2) is 21.9 Å². The summed E-state index contributed by atoms with van der Waals surface area (Å²) in [6.07, 6.45) is 1.19. The molecule has 2 rings (SSSR count). The van der Waals surface area contributed by atoms with Gasteiger partial charge in [0.05, 0.1) is 5.88 Å². The summed E-state index contributed by atoms with van der Waals surface area (Å²) >= 11 is 5.45. The van der Waals surface area contributed by atoms with E-state index >= 15 is 0 Å². The summed E-state index contributed by atoms with van der Waals surface area (Å²) in [5, 5.41) is 9.17. The molecule has 1 aromatic heterocycles. The molecule has 0 saturated heterocycles. The Bertz CT molecular complexity index is 737. The van der Waals surface area contributed by atoms with Crippen molar-refractivity contribution < 1.29 is 9.90 Å². The minimum atomic E-state index is -1.25. The number of carboxylic acid groups (broad SMARTS) is 1. The Morgan fingerprint density at radius 1 is 1.44 bits per heavy atom. The molecule has 0 aliphatic heterocycles. The maximum absolute atomic E-state index is 11.9. The zero-order valence-electron chi connectivity index (χ0n) is 9.16. The minimum Gasteiger partial charge on any atom is -0.477 e. The van der Waals surface area contributed by atoms with Crippen LogP contribution >= 0.6 is 11.6 Å². The standard InChI is InChI=1S/C13H8ClNO3/c14-5-1-2-8-3-4-11-9(6-8)12(16)10(7-15-11)13(17)18/h3-4,6-7H,5H2,(H,15,16)(H,17,18). The Labute approximate surface area is 107 Å². The number of aromatic nitrogens is 1. The third-order valence-electron chi connectivity index (χ3n) is 2.41. The van der Waals surface area contributed by atoms with Crippen molar-refractivity contribution in [3.63, 3.8) is 0 Å². The highest BCUT2D eigenvalue weighted by Gasteiger charge is 2.11. The Hall–Kier alpha value is -2.25. The smallest absolute Gasteiger partial charge is 0.341 e. The van der Waals surface area contributed by atoms with Crippen LogP contribution in [0.5, 0.6) is 0 Å². The third-order valence-corrected chi connectivity index (χ3v) is 2.54. The van der Waals surface area contributed by atoms with Gasteiger partial charge in [0, 0.05) is 22.7 Å². The predicted octanol–water partition coefficient (Wildman–Crippen LogP) is 1.82. The van der Waals surface area contributed by atoms with Crippen LogP contribution in [0.15, 0.2) is 29.2 Å². The number of pyridine rings is 1. The summed E-state index contributed by atoms with van der Waals surface area (Å²) in [4.78, 5) is 25.5. The molecule has 0 spiro atoms. The van der Waals surface area contributed by atoms with E-state index in [2.05, 4.69) is 16.8 Å².